The van der Waals surface area contributed by atoms with E-state index >= 15 is 0 Å². The molecule has 118 valence electrons. The third-order valence-corrected chi connectivity index (χ3v) is 3.66. The molecule has 4 nitrogen and oxygen atoms in total. The van der Waals surface area contributed by atoms with Gasteiger partial charge in [-0.05, 0) is 18.2 Å². The number of nitrogens with zero attached hydrogens (tertiary/aromatic N) is 2. The van der Waals surface area contributed by atoms with E-state index in [1.807, 2.05) is 0 Å². The highest BCUT2D eigenvalue weighted by Crippen LogP contribution is 2.37. The molecule has 0 spiro atoms. The molecular formula is C14H13F4N3O. The van der Waals surface area contributed by atoms with E-state index < -0.39 is 29.2 Å². The minimum absolute atomic E-state index is 0.229. The van der Waals surface area contributed by atoms with Gasteiger partial charge in [-0.1, -0.05) is 0 Å². The lowest BCUT2D eigenvalue weighted by Gasteiger charge is -2.22. The first-order chi connectivity index (χ1) is 10.4. The highest BCUT2D eigenvalue weighted by atomic mass is 19.4. The van der Waals surface area contributed by atoms with Crippen molar-refractivity contribution >= 4 is 0 Å². The Labute approximate surface area is 123 Å². The maximum atomic E-state index is 13.4. The van der Waals surface area contributed by atoms with Crippen molar-refractivity contribution in [1.29, 1.82) is 0 Å². The smallest absolute Gasteiger partial charge is 0.382 e. The number of halogens is 4. The van der Waals surface area contributed by atoms with Crippen molar-refractivity contribution in [2.45, 2.75) is 25.4 Å². The van der Waals surface area contributed by atoms with E-state index in [1.54, 1.807) is 4.57 Å². The molecule has 0 bridgehead atoms. The molecule has 0 radical (unpaired) electrons. The summed E-state index contributed by atoms with van der Waals surface area (Å²) in [7, 11) is 0. The second-order valence-corrected chi connectivity index (χ2v) is 5.06. The fraction of sp³-hybridized carbons (Fsp3) is 0.357. The first kappa shape index (κ1) is 15.0. The van der Waals surface area contributed by atoms with Crippen molar-refractivity contribution in [1.82, 2.24) is 14.9 Å². The van der Waals surface area contributed by atoms with Crippen molar-refractivity contribution < 1.29 is 22.7 Å². The van der Waals surface area contributed by atoms with E-state index in [0.29, 0.717) is 37.6 Å². The summed E-state index contributed by atoms with van der Waals surface area (Å²) in [4.78, 5) is 4.08. The van der Waals surface area contributed by atoms with Gasteiger partial charge < -0.3 is 15.0 Å². The van der Waals surface area contributed by atoms with Gasteiger partial charge in [0.2, 0.25) is 0 Å². The molecule has 0 fully saturated rings. The molecule has 1 aliphatic rings. The number of nitrogens with one attached hydrogen (secondary N) is 1. The quantitative estimate of drug-likeness (QED) is 0.836. The molecule has 0 aliphatic carbocycles. The Hall–Kier alpha value is -1.93. The van der Waals surface area contributed by atoms with Crippen molar-refractivity contribution in [2.75, 3.05) is 6.54 Å². The zero-order valence-corrected chi connectivity index (χ0v) is 11.4. The first-order valence-corrected chi connectivity index (χ1v) is 6.67. The van der Waals surface area contributed by atoms with Crippen LogP contribution in [0.3, 0.4) is 0 Å². The van der Waals surface area contributed by atoms with E-state index in [-0.39, 0.29) is 5.69 Å². The van der Waals surface area contributed by atoms with Gasteiger partial charge in [0.15, 0.2) is 0 Å². The highest BCUT2D eigenvalue weighted by Gasteiger charge is 2.36. The largest absolute Gasteiger partial charge is 0.416 e. The van der Waals surface area contributed by atoms with Gasteiger partial charge in [-0.15, -0.1) is 0 Å². The maximum Gasteiger partial charge on any atom is 0.416 e. The van der Waals surface area contributed by atoms with Gasteiger partial charge >= 0.3 is 6.18 Å². The minimum Gasteiger partial charge on any atom is -0.382 e. The molecule has 0 saturated heterocycles. The molecule has 22 heavy (non-hydrogen) atoms. The molecule has 1 atom stereocenters. The molecule has 1 aromatic heterocycles. The zero-order valence-electron chi connectivity index (χ0n) is 11.4. The van der Waals surface area contributed by atoms with Crippen LogP contribution in [0, 0.1) is 5.82 Å². The average Bonchev–Trinajstić information content (AvgIpc) is 2.89. The average molecular weight is 315 g/mol. The number of alkyl halides is 3. The summed E-state index contributed by atoms with van der Waals surface area (Å²) in [5, 5.41) is 13.4. The van der Waals surface area contributed by atoms with Gasteiger partial charge in [0.25, 0.3) is 0 Å². The Bertz CT molecular complexity index is 696. The van der Waals surface area contributed by atoms with Gasteiger partial charge in [0.1, 0.15) is 17.7 Å². The van der Waals surface area contributed by atoms with Gasteiger partial charge in [0.05, 0.1) is 24.0 Å². The predicted octanol–water partition coefficient (Wildman–Crippen LogP) is 2.23. The monoisotopic (exact) mass is 315 g/mol. The van der Waals surface area contributed by atoms with Crippen LogP contribution in [0.2, 0.25) is 0 Å². The molecule has 1 aromatic carbocycles. The van der Waals surface area contributed by atoms with Crippen LogP contribution in [0.25, 0.3) is 0 Å². The van der Waals surface area contributed by atoms with E-state index in [2.05, 4.69) is 10.3 Å². The van der Waals surface area contributed by atoms with Crippen LogP contribution in [-0.2, 0) is 19.3 Å². The molecule has 0 saturated carbocycles. The third kappa shape index (κ3) is 2.59. The number of aliphatic hydroxyl groups excluding tert-OH is 1. The second-order valence-electron chi connectivity index (χ2n) is 5.06. The predicted molar refractivity (Wildman–Crippen MR) is 69.4 cm³/mol. The van der Waals surface area contributed by atoms with E-state index in [0.717, 1.165) is 6.07 Å². The molecule has 1 unspecified atom stereocenters. The van der Waals surface area contributed by atoms with Gasteiger partial charge in [0, 0.05) is 18.7 Å². The molecule has 0 amide bonds. The summed E-state index contributed by atoms with van der Waals surface area (Å²) >= 11 is 0. The van der Waals surface area contributed by atoms with E-state index in [9.17, 15) is 22.7 Å². The Morgan fingerprint density at radius 1 is 1.32 bits per heavy atom. The number of hydrogen-bond acceptors (Lipinski definition) is 3. The maximum absolute atomic E-state index is 13.4. The summed E-state index contributed by atoms with van der Waals surface area (Å²) in [6.07, 6.45) is -4.93. The minimum atomic E-state index is -4.67. The number of benzene rings is 1. The Kier molecular flexibility index (Phi) is 3.65. The summed E-state index contributed by atoms with van der Waals surface area (Å²) < 4.78 is 54.2. The highest BCUT2D eigenvalue weighted by molar-refractivity contribution is 5.36. The summed E-state index contributed by atoms with van der Waals surface area (Å²) in [5.41, 5.74) is -1.33. The molecule has 3 rings (SSSR count). The summed E-state index contributed by atoms with van der Waals surface area (Å²) in [5.74, 6) is -0.202. The first-order valence-electron chi connectivity index (χ1n) is 6.67. The van der Waals surface area contributed by atoms with Crippen molar-refractivity contribution in [3.8, 4) is 0 Å². The topological polar surface area (TPSA) is 50.1 Å². The van der Waals surface area contributed by atoms with Gasteiger partial charge in [-0.2, -0.15) is 13.2 Å². The fourth-order valence-corrected chi connectivity index (χ4v) is 2.61. The fourth-order valence-electron chi connectivity index (χ4n) is 2.61. The molecule has 8 heteroatoms. The molecule has 2 aromatic rings. The zero-order chi connectivity index (χ0) is 15.9. The summed E-state index contributed by atoms with van der Waals surface area (Å²) in [6, 6.07) is 2.09. The molecule has 2 heterocycles. The van der Waals surface area contributed by atoms with E-state index in [1.165, 1.54) is 6.20 Å². The molecular weight excluding hydrogens is 302 g/mol. The van der Waals surface area contributed by atoms with Crippen LogP contribution in [0.4, 0.5) is 17.6 Å². The number of aliphatic hydroxyl groups is 1. The number of aromatic nitrogens is 2. The van der Waals surface area contributed by atoms with Crippen LogP contribution in [0.15, 0.2) is 24.4 Å². The molecule has 2 N–H and O–H groups in total. The number of fused-ring (bicyclic) bond motifs is 1. The van der Waals surface area contributed by atoms with Crippen LogP contribution >= 0.6 is 0 Å². The molecule has 1 aliphatic heterocycles. The van der Waals surface area contributed by atoms with Crippen molar-refractivity contribution in [3.63, 3.8) is 0 Å². The SMILES string of the molecule is OC(c1cc(F)ccc1C(F)(F)F)c1cnc2n1CCNC2. The van der Waals surface area contributed by atoms with E-state index in [4.69, 9.17) is 0 Å². The van der Waals surface area contributed by atoms with Gasteiger partial charge in [-0.3, -0.25) is 0 Å². The van der Waals surface area contributed by atoms with Crippen LogP contribution in [-0.4, -0.2) is 21.2 Å². The van der Waals surface area contributed by atoms with Crippen LogP contribution in [0.1, 0.15) is 28.7 Å². The Morgan fingerprint density at radius 3 is 2.82 bits per heavy atom. The lowest BCUT2D eigenvalue weighted by molar-refractivity contribution is -0.139. The normalized spacial score (nSPS) is 16.4. The lowest BCUT2D eigenvalue weighted by atomic mass is 9.99. The van der Waals surface area contributed by atoms with Gasteiger partial charge in [-0.25, -0.2) is 9.37 Å². The summed E-state index contributed by atoms with van der Waals surface area (Å²) in [6.45, 7) is 1.58. The van der Waals surface area contributed by atoms with Crippen molar-refractivity contribution in [2.24, 2.45) is 0 Å². The van der Waals surface area contributed by atoms with Crippen molar-refractivity contribution in [3.05, 3.63) is 52.9 Å². The third-order valence-electron chi connectivity index (χ3n) is 3.66. The Balaban J connectivity index is 2.07. The lowest BCUT2D eigenvalue weighted by Crippen LogP contribution is -2.29. The number of imidazole rings is 1. The van der Waals surface area contributed by atoms with Crippen LogP contribution < -0.4 is 5.32 Å². The number of hydrogen-bond donors (Lipinski definition) is 2. The Morgan fingerprint density at radius 2 is 2.09 bits per heavy atom. The van der Waals surface area contributed by atoms with Crippen LogP contribution in [0.5, 0.6) is 0 Å². The second kappa shape index (κ2) is 5.36. The number of rotatable bonds is 2. The standard InChI is InChI=1S/C14H13F4N3O/c15-8-1-2-10(14(16,17)18)9(5-8)13(22)11-6-20-12-7-19-3-4-21(11)12/h1-2,5-6,13,19,22H,3-4,7H2.